The number of anilines is 1. The zero-order valence-corrected chi connectivity index (χ0v) is 10.3. The summed E-state index contributed by atoms with van der Waals surface area (Å²) in [6.45, 7) is 0. The fourth-order valence-electron chi connectivity index (χ4n) is 1.99. The van der Waals surface area contributed by atoms with Crippen molar-refractivity contribution in [1.82, 2.24) is 10.2 Å². The van der Waals surface area contributed by atoms with Gasteiger partial charge in [0.2, 0.25) is 18.2 Å². The molecule has 2 aromatic rings. The number of rotatable bonds is 4. The van der Waals surface area contributed by atoms with Crippen LogP contribution in [0, 0.1) is 11.8 Å². The number of hydrogen-bond acceptors (Lipinski definition) is 5. The van der Waals surface area contributed by atoms with Crippen molar-refractivity contribution in [2.75, 3.05) is 5.32 Å². The van der Waals surface area contributed by atoms with Crippen LogP contribution in [0.15, 0.2) is 35.1 Å². The van der Waals surface area contributed by atoms with Gasteiger partial charge in [-0.25, -0.2) is 0 Å². The number of nitrogens with zero attached hydrogens (tertiary/aromatic N) is 2. The summed E-state index contributed by atoms with van der Waals surface area (Å²) in [5, 5.41) is 18.8. The smallest absolute Gasteiger partial charge is 0.307 e. The van der Waals surface area contributed by atoms with Crippen LogP contribution in [0.5, 0.6) is 0 Å². The molecular formula is C13H11N3O4. The lowest BCUT2D eigenvalue weighted by atomic mass is 10.2. The Morgan fingerprint density at radius 1 is 1.25 bits per heavy atom. The number of amides is 1. The second kappa shape index (κ2) is 4.76. The van der Waals surface area contributed by atoms with Crippen molar-refractivity contribution in [3.63, 3.8) is 0 Å². The molecule has 1 heterocycles. The van der Waals surface area contributed by atoms with E-state index in [0.29, 0.717) is 18.0 Å². The second-order valence-electron chi connectivity index (χ2n) is 4.60. The first-order chi connectivity index (χ1) is 9.65. The van der Waals surface area contributed by atoms with Gasteiger partial charge in [-0.2, -0.15) is 0 Å². The minimum atomic E-state index is -0.920. The van der Waals surface area contributed by atoms with E-state index in [1.165, 1.54) is 6.39 Å². The minimum Gasteiger partial charge on any atom is -0.481 e. The molecule has 0 aliphatic heterocycles. The van der Waals surface area contributed by atoms with Crippen LogP contribution in [0.4, 0.5) is 5.69 Å². The molecule has 0 saturated heterocycles. The van der Waals surface area contributed by atoms with E-state index >= 15 is 0 Å². The number of aromatic nitrogens is 2. The number of nitrogens with one attached hydrogen (secondary N) is 1. The minimum absolute atomic E-state index is 0.261. The van der Waals surface area contributed by atoms with E-state index in [4.69, 9.17) is 9.52 Å². The van der Waals surface area contributed by atoms with Gasteiger partial charge in [-0.15, -0.1) is 10.2 Å². The molecule has 0 spiro atoms. The van der Waals surface area contributed by atoms with Gasteiger partial charge in [0.05, 0.1) is 11.8 Å². The van der Waals surface area contributed by atoms with Gasteiger partial charge in [0, 0.05) is 11.3 Å². The Morgan fingerprint density at radius 3 is 2.55 bits per heavy atom. The molecule has 7 heteroatoms. The Hall–Kier alpha value is -2.70. The number of carboxylic acids is 1. The molecule has 7 nitrogen and oxygen atoms in total. The monoisotopic (exact) mass is 273 g/mol. The van der Waals surface area contributed by atoms with Gasteiger partial charge >= 0.3 is 5.97 Å². The summed E-state index contributed by atoms with van der Waals surface area (Å²) in [6, 6.07) is 6.89. The van der Waals surface area contributed by atoms with Crippen molar-refractivity contribution in [2.45, 2.75) is 6.42 Å². The topological polar surface area (TPSA) is 105 Å². The molecule has 0 radical (unpaired) electrons. The molecule has 102 valence electrons. The van der Waals surface area contributed by atoms with Gasteiger partial charge < -0.3 is 14.8 Å². The molecule has 20 heavy (non-hydrogen) atoms. The summed E-state index contributed by atoms with van der Waals surface area (Å²) in [6.07, 6.45) is 1.64. The molecule has 1 amide bonds. The summed E-state index contributed by atoms with van der Waals surface area (Å²) in [4.78, 5) is 22.5. The number of carbonyl (C=O) groups is 2. The average Bonchev–Trinajstić information content (AvgIpc) is 3.07. The lowest BCUT2D eigenvalue weighted by Crippen LogP contribution is -2.16. The summed E-state index contributed by atoms with van der Waals surface area (Å²) in [7, 11) is 0. The maximum atomic E-state index is 11.8. The lowest BCUT2D eigenvalue weighted by Gasteiger charge is -2.04. The Labute approximate surface area is 113 Å². The molecule has 1 aliphatic carbocycles. The molecule has 2 unspecified atom stereocenters. The van der Waals surface area contributed by atoms with Crippen LogP contribution in [0.1, 0.15) is 6.42 Å². The summed E-state index contributed by atoms with van der Waals surface area (Å²) < 4.78 is 5.05. The summed E-state index contributed by atoms with van der Waals surface area (Å²) in [5.74, 6) is -1.76. The van der Waals surface area contributed by atoms with Crippen LogP contribution in [-0.4, -0.2) is 27.2 Å². The molecular weight excluding hydrogens is 262 g/mol. The standard InChI is InChI=1S/C13H11N3O4/c17-11(9-5-10(9)13(18)19)15-8-3-1-7(2-4-8)12-16-14-6-20-12/h1-4,6,9-10H,5H2,(H,15,17)(H,18,19). The molecule has 3 rings (SSSR count). The first-order valence-electron chi connectivity index (χ1n) is 6.05. The van der Waals surface area contributed by atoms with Crippen molar-refractivity contribution < 1.29 is 19.1 Å². The highest BCUT2D eigenvalue weighted by atomic mass is 16.4. The predicted octanol–water partition coefficient (Wildman–Crippen LogP) is 1.40. The van der Waals surface area contributed by atoms with Gasteiger partial charge in [-0.05, 0) is 30.7 Å². The van der Waals surface area contributed by atoms with E-state index < -0.39 is 17.8 Å². The van der Waals surface area contributed by atoms with Crippen LogP contribution in [-0.2, 0) is 9.59 Å². The second-order valence-corrected chi connectivity index (χ2v) is 4.60. The van der Waals surface area contributed by atoms with Crippen molar-refractivity contribution in [3.05, 3.63) is 30.7 Å². The van der Waals surface area contributed by atoms with Crippen molar-refractivity contribution in [1.29, 1.82) is 0 Å². The Kier molecular flexibility index (Phi) is 2.94. The fourth-order valence-corrected chi connectivity index (χ4v) is 1.99. The third-order valence-electron chi connectivity index (χ3n) is 3.20. The molecule has 1 fully saturated rings. The Morgan fingerprint density at radius 2 is 2.00 bits per heavy atom. The quantitative estimate of drug-likeness (QED) is 0.872. The third kappa shape index (κ3) is 2.37. The highest BCUT2D eigenvalue weighted by Crippen LogP contribution is 2.39. The molecule has 0 bridgehead atoms. The van der Waals surface area contributed by atoms with Gasteiger partial charge in [0.1, 0.15) is 0 Å². The van der Waals surface area contributed by atoms with Crippen LogP contribution in [0.3, 0.4) is 0 Å². The van der Waals surface area contributed by atoms with Gasteiger partial charge in [0.25, 0.3) is 0 Å². The summed E-state index contributed by atoms with van der Waals surface area (Å²) in [5.41, 5.74) is 1.35. The number of benzene rings is 1. The number of carbonyl (C=O) groups excluding carboxylic acids is 1. The van der Waals surface area contributed by atoms with Crippen LogP contribution in [0.25, 0.3) is 11.5 Å². The zero-order valence-electron chi connectivity index (χ0n) is 10.3. The van der Waals surface area contributed by atoms with Crippen LogP contribution >= 0.6 is 0 Å². The highest BCUT2D eigenvalue weighted by Gasteiger charge is 2.48. The molecule has 1 aromatic carbocycles. The van der Waals surface area contributed by atoms with Crippen molar-refractivity contribution >= 4 is 17.6 Å². The Balaban J connectivity index is 1.64. The van der Waals surface area contributed by atoms with Crippen molar-refractivity contribution in [2.24, 2.45) is 11.8 Å². The van der Waals surface area contributed by atoms with E-state index in [2.05, 4.69) is 15.5 Å². The molecule has 1 aromatic heterocycles. The normalized spacial score (nSPS) is 20.4. The van der Waals surface area contributed by atoms with Gasteiger partial charge in [-0.1, -0.05) is 0 Å². The largest absolute Gasteiger partial charge is 0.481 e. The van der Waals surface area contributed by atoms with Gasteiger partial charge in [0.15, 0.2) is 0 Å². The van der Waals surface area contributed by atoms with Crippen molar-refractivity contribution in [3.8, 4) is 11.5 Å². The maximum absolute atomic E-state index is 11.8. The van der Waals surface area contributed by atoms with E-state index in [1.807, 2.05) is 0 Å². The molecule has 1 aliphatic rings. The SMILES string of the molecule is O=C(O)C1CC1C(=O)Nc1ccc(-c2nnco2)cc1. The first kappa shape index (κ1) is 12.3. The fraction of sp³-hybridized carbons (Fsp3) is 0.231. The average molecular weight is 273 g/mol. The zero-order chi connectivity index (χ0) is 14.1. The van der Waals surface area contributed by atoms with E-state index in [9.17, 15) is 9.59 Å². The Bertz CT molecular complexity index is 636. The number of aliphatic carboxylic acids is 1. The molecule has 2 N–H and O–H groups in total. The van der Waals surface area contributed by atoms with E-state index in [1.54, 1.807) is 24.3 Å². The first-order valence-corrected chi connectivity index (χ1v) is 6.05. The van der Waals surface area contributed by atoms with Crippen LogP contribution < -0.4 is 5.32 Å². The third-order valence-corrected chi connectivity index (χ3v) is 3.20. The molecule has 2 atom stereocenters. The lowest BCUT2D eigenvalue weighted by molar-refractivity contribution is -0.139. The van der Waals surface area contributed by atoms with Gasteiger partial charge in [-0.3, -0.25) is 9.59 Å². The van der Waals surface area contributed by atoms with Crippen LogP contribution in [0.2, 0.25) is 0 Å². The van der Waals surface area contributed by atoms with E-state index in [0.717, 1.165) is 5.56 Å². The number of carboxylic acid groups (broad SMARTS) is 1. The van der Waals surface area contributed by atoms with E-state index in [-0.39, 0.29) is 5.91 Å². The summed E-state index contributed by atoms with van der Waals surface area (Å²) >= 11 is 0. The highest BCUT2D eigenvalue weighted by molar-refractivity contribution is 5.98. The maximum Gasteiger partial charge on any atom is 0.307 e. The molecule has 1 saturated carbocycles. The predicted molar refractivity (Wildman–Crippen MR) is 67.6 cm³/mol. The number of hydrogen-bond donors (Lipinski definition) is 2.